The van der Waals surface area contributed by atoms with Crippen molar-refractivity contribution in [2.45, 2.75) is 25.3 Å². The SMILES string of the molecule is CS(=O)(=O)NC(=O)c1ccc(-c2cnn(C(CC3CC3)c3ccc(-c4cc(Cl)ccc4-n4cnnn4)c[n+]3[O-])c2)cc1. The number of carbonyl (C=O) groups is 1. The lowest BCUT2D eigenvalue weighted by Crippen LogP contribution is -2.35. The maximum absolute atomic E-state index is 13.5. The highest BCUT2D eigenvalue weighted by molar-refractivity contribution is 7.89. The summed E-state index contributed by atoms with van der Waals surface area (Å²) >= 11 is 6.29. The Morgan fingerprint density at radius 3 is 2.55 bits per heavy atom. The summed E-state index contributed by atoms with van der Waals surface area (Å²) in [6, 6.07) is 15.3. The van der Waals surface area contributed by atoms with E-state index in [0.717, 1.165) is 41.4 Å². The van der Waals surface area contributed by atoms with Crippen molar-refractivity contribution < 1.29 is 17.9 Å². The van der Waals surface area contributed by atoms with Gasteiger partial charge >= 0.3 is 0 Å². The van der Waals surface area contributed by atoms with Gasteiger partial charge in [-0.1, -0.05) is 36.6 Å². The van der Waals surface area contributed by atoms with Gasteiger partial charge in [0.2, 0.25) is 15.7 Å². The highest BCUT2D eigenvalue weighted by Crippen LogP contribution is 2.39. The van der Waals surface area contributed by atoms with Crippen molar-refractivity contribution in [3.63, 3.8) is 0 Å². The number of carbonyl (C=O) groups excluding carboxylic acids is 1. The second kappa shape index (κ2) is 11.0. The highest BCUT2D eigenvalue weighted by Gasteiger charge is 2.32. The Kier molecular flexibility index (Phi) is 7.21. The second-order valence-electron chi connectivity index (χ2n) is 10.3. The summed E-state index contributed by atoms with van der Waals surface area (Å²) in [4.78, 5) is 12.2. The van der Waals surface area contributed by atoms with Crippen LogP contribution in [0.4, 0.5) is 0 Å². The van der Waals surface area contributed by atoms with Crippen LogP contribution in [0.3, 0.4) is 0 Å². The summed E-state index contributed by atoms with van der Waals surface area (Å²) < 4.78 is 28.9. The summed E-state index contributed by atoms with van der Waals surface area (Å²) in [6.07, 6.45) is 10.5. The Bertz CT molecular complexity index is 1870. The summed E-state index contributed by atoms with van der Waals surface area (Å²) in [5.41, 5.74) is 4.42. The molecule has 1 unspecified atom stereocenters. The first kappa shape index (κ1) is 27.5. The number of pyridine rings is 1. The van der Waals surface area contributed by atoms with E-state index in [-0.39, 0.29) is 11.6 Å². The van der Waals surface area contributed by atoms with Crippen molar-refractivity contribution in [3.05, 3.63) is 101 Å². The van der Waals surface area contributed by atoms with E-state index in [4.69, 9.17) is 11.6 Å². The first-order chi connectivity index (χ1) is 20.1. The van der Waals surface area contributed by atoms with Gasteiger partial charge in [0, 0.05) is 39.5 Å². The third kappa shape index (κ3) is 6.02. The number of nitrogens with one attached hydrogen (secondary N) is 1. The molecule has 0 bridgehead atoms. The molecule has 3 heterocycles. The number of aromatic nitrogens is 7. The van der Waals surface area contributed by atoms with Gasteiger partial charge < -0.3 is 5.21 Å². The summed E-state index contributed by atoms with van der Waals surface area (Å²) in [6.45, 7) is 0. The fraction of sp³-hybridized carbons (Fsp3) is 0.214. The lowest BCUT2D eigenvalue weighted by molar-refractivity contribution is -0.615. The van der Waals surface area contributed by atoms with Crippen LogP contribution in [0.25, 0.3) is 27.9 Å². The van der Waals surface area contributed by atoms with Crippen LogP contribution in [-0.2, 0) is 10.0 Å². The number of halogens is 1. The Balaban J connectivity index is 1.30. The average Bonchev–Trinajstić information content (AvgIpc) is 3.39. The molecule has 5 aromatic rings. The van der Waals surface area contributed by atoms with Crippen LogP contribution in [0, 0.1) is 11.1 Å². The molecule has 1 aliphatic carbocycles. The lowest BCUT2D eigenvalue weighted by Gasteiger charge is -2.18. The van der Waals surface area contributed by atoms with Crippen LogP contribution in [-0.4, -0.2) is 50.6 Å². The quantitative estimate of drug-likeness (QED) is 0.198. The predicted molar refractivity (Wildman–Crippen MR) is 154 cm³/mol. The second-order valence-corrected chi connectivity index (χ2v) is 12.5. The molecule has 2 aromatic carbocycles. The molecule has 42 heavy (non-hydrogen) atoms. The smallest absolute Gasteiger partial charge is 0.264 e. The van der Waals surface area contributed by atoms with Crippen molar-refractivity contribution in [1.29, 1.82) is 0 Å². The average molecular weight is 605 g/mol. The van der Waals surface area contributed by atoms with Crippen LogP contribution in [0.2, 0.25) is 5.02 Å². The fourth-order valence-electron chi connectivity index (χ4n) is 4.85. The van der Waals surface area contributed by atoms with Gasteiger partial charge in [-0.15, -0.1) is 5.10 Å². The van der Waals surface area contributed by atoms with E-state index in [0.29, 0.717) is 33.4 Å². The Hall–Kier alpha value is -4.62. The van der Waals surface area contributed by atoms with Crippen LogP contribution in [0.5, 0.6) is 0 Å². The minimum Gasteiger partial charge on any atom is -0.618 e. The van der Waals surface area contributed by atoms with E-state index in [9.17, 15) is 18.4 Å². The molecule has 1 aliphatic rings. The summed E-state index contributed by atoms with van der Waals surface area (Å²) in [5, 5.41) is 30.0. The monoisotopic (exact) mass is 604 g/mol. The van der Waals surface area contributed by atoms with Gasteiger partial charge in [-0.3, -0.25) is 9.48 Å². The topological polar surface area (TPSA) is 152 Å². The largest absolute Gasteiger partial charge is 0.618 e. The molecular weight excluding hydrogens is 580 g/mol. The zero-order valence-electron chi connectivity index (χ0n) is 22.3. The summed E-state index contributed by atoms with van der Waals surface area (Å²) in [5.74, 6) is -0.190. The summed E-state index contributed by atoms with van der Waals surface area (Å²) in [7, 11) is -3.66. The number of benzene rings is 2. The van der Waals surface area contributed by atoms with Gasteiger partial charge in [-0.25, -0.2) is 13.1 Å². The molecule has 1 saturated carbocycles. The molecule has 0 spiro atoms. The van der Waals surface area contributed by atoms with E-state index >= 15 is 0 Å². The molecule has 0 radical (unpaired) electrons. The van der Waals surface area contributed by atoms with E-state index in [2.05, 4.69) is 20.6 Å². The maximum Gasteiger partial charge on any atom is 0.264 e. The molecule has 1 N–H and O–H groups in total. The number of rotatable bonds is 9. The first-order valence-electron chi connectivity index (χ1n) is 13.1. The number of amides is 1. The molecule has 1 amide bonds. The molecule has 1 atom stereocenters. The van der Waals surface area contributed by atoms with E-state index in [1.165, 1.54) is 17.2 Å². The number of tetrazole rings is 1. The van der Waals surface area contributed by atoms with Gasteiger partial charge in [0.15, 0.2) is 6.20 Å². The molecular formula is C28H25ClN8O4S. The van der Waals surface area contributed by atoms with Crippen molar-refractivity contribution in [3.8, 4) is 27.9 Å². The predicted octanol–water partition coefficient (Wildman–Crippen LogP) is 3.56. The minimum absolute atomic E-state index is 0.221. The molecule has 1 fully saturated rings. The lowest BCUT2D eigenvalue weighted by atomic mass is 10.0. The van der Waals surface area contributed by atoms with Crippen LogP contribution in [0.15, 0.2) is 79.5 Å². The van der Waals surface area contributed by atoms with Crippen molar-refractivity contribution in [2.75, 3.05) is 6.26 Å². The van der Waals surface area contributed by atoms with Gasteiger partial charge in [0.05, 0.1) is 18.1 Å². The highest BCUT2D eigenvalue weighted by atomic mass is 35.5. The standard InChI is InChI=1S/C28H25ClN8O4S/c1-42(40,41)32-28(38)20-6-4-19(5-7-20)22-14-31-35(15-22)27(12-18-2-3-18)26-10-8-21(16-37(26)39)24-13-23(29)9-11-25(24)36-17-30-33-34-36/h4-11,13-18,27H,2-3,12H2,1H3,(H,32,38). The van der Waals surface area contributed by atoms with Gasteiger partial charge in [-0.2, -0.15) is 14.5 Å². The molecule has 214 valence electrons. The van der Waals surface area contributed by atoms with Gasteiger partial charge in [0.1, 0.15) is 12.4 Å². The van der Waals surface area contributed by atoms with Crippen LogP contribution >= 0.6 is 11.6 Å². The minimum atomic E-state index is -3.66. The first-order valence-corrected chi connectivity index (χ1v) is 15.3. The van der Waals surface area contributed by atoms with Crippen molar-refractivity contribution >= 4 is 27.5 Å². The number of hydrogen-bond donors (Lipinski definition) is 1. The molecule has 0 aliphatic heterocycles. The van der Waals surface area contributed by atoms with Crippen LogP contribution < -0.4 is 9.45 Å². The molecule has 3 aromatic heterocycles. The van der Waals surface area contributed by atoms with Gasteiger partial charge in [-0.05, 0) is 64.7 Å². The molecule has 12 nitrogen and oxygen atoms in total. The van der Waals surface area contributed by atoms with E-state index < -0.39 is 15.9 Å². The Morgan fingerprint density at radius 1 is 1.12 bits per heavy atom. The zero-order valence-corrected chi connectivity index (χ0v) is 23.9. The number of nitrogens with zero attached hydrogens (tertiary/aromatic N) is 7. The van der Waals surface area contributed by atoms with Crippen LogP contribution in [0.1, 0.15) is 41.4 Å². The molecule has 14 heteroatoms. The maximum atomic E-state index is 13.5. The number of sulfonamides is 1. The third-order valence-corrected chi connectivity index (χ3v) is 7.88. The van der Waals surface area contributed by atoms with Crippen molar-refractivity contribution in [1.82, 2.24) is 34.7 Å². The zero-order chi connectivity index (χ0) is 29.4. The molecule has 0 saturated heterocycles. The van der Waals surface area contributed by atoms with Crippen molar-refractivity contribution in [2.24, 2.45) is 5.92 Å². The Labute approximate surface area is 246 Å². The van der Waals surface area contributed by atoms with E-state index in [1.54, 1.807) is 53.3 Å². The normalized spacial score (nSPS) is 14.0. The number of hydrogen-bond acceptors (Lipinski definition) is 8. The third-order valence-electron chi connectivity index (χ3n) is 7.08. The Morgan fingerprint density at radius 2 is 1.88 bits per heavy atom. The molecule has 6 rings (SSSR count). The fourth-order valence-corrected chi connectivity index (χ4v) is 5.48. The van der Waals surface area contributed by atoms with E-state index in [1.807, 2.05) is 23.1 Å². The van der Waals surface area contributed by atoms with Gasteiger partial charge in [0.25, 0.3) is 5.91 Å².